The Hall–Kier alpha value is -1.29. The van der Waals surface area contributed by atoms with Crippen LogP contribution in [0.3, 0.4) is 0 Å². The topological polar surface area (TPSA) is 38.1 Å². The largest absolute Gasteiger partial charge is 0.329 e. The predicted molar refractivity (Wildman–Crippen MR) is 81.0 cm³/mol. The summed E-state index contributed by atoms with van der Waals surface area (Å²) in [5.74, 6) is -0.0647. The highest BCUT2D eigenvalue weighted by molar-refractivity contribution is 6.32. The Bertz CT molecular complexity index is 556. The first-order chi connectivity index (χ1) is 9.18. The quantitative estimate of drug-likeness (QED) is 0.744. The summed E-state index contributed by atoms with van der Waals surface area (Å²) in [6.07, 6.45) is 1.35. The molecule has 0 radical (unpaired) electrons. The van der Waals surface area contributed by atoms with Crippen LogP contribution >= 0.6 is 11.6 Å². The molecular weight excluding hydrogens is 274 g/mol. The summed E-state index contributed by atoms with van der Waals surface area (Å²) < 4.78 is 1.97. The fourth-order valence-electron chi connectivity index (χ4n) is 2.68. The minimum Gasteiger partial charge on any atom is -0.329 e. The highest BCUT2D eigenvalue weighted by atomic mass is 35.5. The molecule has 20 heavy (non-hydrogen) atoms. The first-order valence-corrected chi connectivity index (χ1v) is 7.27. The van der Waals surface area contributed by atoms with E-state index in [0.717, 1.165) is 11.4 Å². The zero-order valence-electron chi connectivity index (χ0n) is 12.8. The number of halogens is 1. The third kappa shape index (κ3) is 2.26. The molecule has 0 aliphatic carbocycles. The maximum atomic E-state index is 12.0. The van der Waals surface area contributed by atoms with Crippen LogP contribution in [0.25, 0.3) is 0 Å². The van der Waals surface area contributed by atoms with E-state index in [0.29, 0.717) is 11.6 Å². The number of carbonyl (C=O) groups is 1. The highest BCUT2D eigenvalue weighted by Gasteiger charge is 2.36. The number of fused-ring (bicyclic) bond motifs is 1. The minimum absolute atomic E-state index is 0.0647. The van der Waals surface area contributed by atoms with E-state index in [1.807, 2.05) is 11.6 Å². The standard InChI is InChI=1S/C15H22ClN3O/c1-7-11(20)18-8-9(2)19-13(10(18)3)12(16)14(17-19)15(4,5)6/h7,9-10H,1,8H2,2-6H3. The SMILES string of the molecule is C=CC(=O)N1CC(C)n2nc(C(C)(C)C)c(Cl)c2C1C. The lowest BCUT2D eigenvalue weighted by atomic mass is 9.91. The number of hydrogen-bond acceptors (Lipinski definition) is 2. The van der Waals surface area contributed by atoms with Gasteiger partial charge in [-0.25, -0.2) is 0 Å². The van der Waals surface area contributed by atoms with Crippen LogP contribution in [0.4, 0.5) is 0 Å². The van der Waals surface area contributed by atoms with Crippen molar-refractivity contribution in [1.82, 2.24) is 14.7 Å². The normalized spacial score (nSPS) is 22.6. The first-order valence-electron chi connectivity index (χ1n) is 6.90. The number of rotatable bonds is 1. The molecule has 2 heterocycles. The van der Waals surface area contributed by atoms with Gasteiger partial charge in [0.15, 0.2) is 0 Å². The number of aromatic nitrogens is 2. The smallest absolute Gasteiger partial charge is 0.246 e. The van der Waals surface area contributed by atoms with Gasteiger partial charge in [0.05, 0.1) is 28.5 Å². The van der Waals surface area contributed by atoms with Gasteiger partial charge in [-0.15, -0.1) is 0 Å². The molecular formula is C15H22ClN3O. The van der Waals surface area contributed by atoms with Gasteiger partial charge in [0.25, 0.3) is 0 Å². The molecule has 0 N–H and O–H groups in total. The van der Waals surface area contributed by atoms with Crippen LogP contribution in [0.15, 0.2) is 12.7 Å². The summed E-state index contributed by atoms with van der Waals surface area (Å²) in [7, 11) is 0. The summed E-state index contributed by atoms with van der Waals surface area (Å²) in [4.78, 5) is 13.8. The van der Waals surface area contributed by atoms with Crippen molar-refractivity contribution in [3.63, 3.8) is 0 Å². The van der Waals surface area contributed by atoms with Crippen molar-refractivity contribution < 1.29 is 4.79 Å². The maximum absolute atomic E-state index is 12.0. The Kier molecular flexibility index (Phi) is 3.71. The molecule has 1 aromatic rings. The van der Waals surface area contributed by atoms with Crippen molar-refractivity contribution in [3.8, 4) is 0 Å². The number of carbonyl (C=O) groups excluding carboxylic acids is 1. The zero-order valence-corrected chi connectivity index (χ0v) is 13.5. The van der Waals surface area contributed by atoms with E-state index in [2.05, 4.69) is 34.3 Å². The molecule has 1 amide bonds. The second-order valence-corrected chi connectivity index (χ2v) is 6.84. The van der Waals surface area contributed by atoms with Gasteiger partial charge in [-0.1, -0.05) is 39.0 Å². The Morgan fingerprint density at radius 1 is 1.45 bits per heavy atom. The second-order valence-electron chi connectivity index (χ2n) is 6.46. The molecule has 1 aliphatic heterocycles. The van der Waals surface area contributed by atoms with Gasteiger partial charge in [-0.05, 0) is 19.9 Å². The molecule has 1 aliphatic rings. The summed E-state index contributed by atoms with van der Waals surface area (Å²) in [5, 5.41) is 5.37. The van der Waals surface area contributed by atoms with Crippen LogP contribution in [-0.4, -0.2) is 27.1 Å². The van der Waals surface area contributed by atoms with Crippen molar-refractivity contribution in [1.29, 1.82) is 0 Å². The van der Waals surface area contributed by atoms with Crippen LogP contribution < -0.4 is 0 Å². The number of hydrogen-bond donors (Lipinski definition) is 0. The van der Waals surface area contributed by atoms with Gasteiger partial charge in [-0.3, -0.25) is 9.48 Å². The third-order valence-corrected chi connectivity index (χ3v) is 4.17. The fraction of sp³-hybridized carbons (Fsp3) is 0.600. The van der Waals surface area contributed by atoms with Gasteiger partial charge in [-0.2, -0.15) is 5.10 Å². The fourth-order valence-corrected chi connectivity index (χ4v) is 3.25. The molecule has 0 saturated heterocycles. The number of nitrogens with zero attached hydrogens (tertiary/aromatic N) is 3. The van der Waals surface area contributed by atoms with E-state index >= 15 is 0 Å². The van der Waals surface area contributed by atoms with Crippen molar-refractivity contribution in [2.24, 2.45) is 0 Å². The summed E-state index contributed by atoms with van der Waals surface area (Å²) in [6.45, 7) is 14.5. The Morgan fingerprint density at radius 3 is 2.55 bits per heavy atom. The molecule has 0 bridgehead atoms. The lowest BCUT2D eigenvalue weighted by molar-refractivity contribution is -0.129. The van der Waals surface area contributed by atoms with E-state index in [4.69, 9.17) is 16.7 Å². The molecule has 2 unspecified atom stereocenters. The molecule has 5 heteroatoms. The maximum Gasteiger partial charge on any atom is 0.246 e. The molecule has 1 aromatic heterocycles. The van der Waals surface area contributed by atoms with E-state index < -0.39 is 0 Å². The molecule has 0 aromatic carbocycles. The van der Waals surface area contributed by atoms with Crippen molar-refractivity contribution in [2.45, 2.75) is 52.1 Å². The Balaban J connectivity index is 2.55. The molecule has 0 saturated carbocycles. The van der Waals surface area contributed by atoms with Crippen LogP contribution in [-0.2, 0) is 10.2 Å². The molecule has 0 fully saturated rings. The van der Waals surface area contributed by atoms with Gasteiger partial charge in [0, 0.05) is 12.0 Å². The minimum atomic E-state index is -0.117. The van der Waals surface area contributed by atoms with Crippen molar-refractivity contribution in [2.75, 3.05) is 6.54 Å². The van der Waals surface area contributed by atoms with E-state index in [1.165, 1.54) is 6.08 Å². The average molecular weight is 296 g/mol. The van der Waals surface area contributed by atoms with Gasteiger partial charge in [0.2, 0.25) is 5.91 Å². The van der Waals surface area contributed by atoms with Crippen LogP contribution in [0.5, 0.6) is 0 Å². The second kappa shape index (κ2) is 4.92. The molecule has 2 rings (SSSR count). The van der Waals surface area contributed by atoms with Crippen LogP contribution in [0, 0.1) is 0 Å². The monoisotopic (exact) mass is 295 g/mol. The predicted octanol–water partition coefficient (Wildman–Crippen LogP) is 3.48. The van der Waals surface area contributed by atoms with E-state index in [-0.39, 0.29) is 23.4 Å². The third-order valence-electron chi connectivity index (χ3n) is 3.80. The van der Waals surface area contributed by atoms with Gasteiger partial charge >= 0.3 is 0 Å². The Morgan fingerprint density at radius 2 is 2.05 bits per heavy atom. The molecule has 2 atom stereocenters. The zero-order chi connectivity index (χ0) is 15.2. The summed E-state index contributed by atoms with van der Waals surface area (Å²) in [6, 6.07) is 0.0199. The van der Waals surface area contributed by atoms with Crippen molar-refractivity contribution in [3.05, 3.63) is 29.1 Å². The Labute approximate surface area is 125 Å². The van der Waals surface area contributed by atoms with Crippen LogP contribution in [0.1, 0.15) is 58.1 Å². The highest BCUT2D eigenvalue weighted by Crippen LogP contribution is 2.40. The van der Waals surface area contributed by atoms with Gasteiger partial charge < -0.3 is 4.90 Å². The lowest BCUT2D eigenvalue weighted by Gasteiger charge is -2.37. The molecule has 110 valence electrons. The summed E-state index contributed by atoms with van der Waals surface area (Å²) in [5.41, 5.74) is 1.69. The van der Waals surface area contributed by atoms with E-state index in [9.17, 15) is 4.79 Å². The molecule has 4 nitrogen and oxygen atoms in total. The van der Waals surface area contributed by atoms with Gasteiger partial charge in [0.1, 0.15) is 0 Å². The van der Waals surface area contributed by atoms with Crippen molar-refractivity contribution >= 4 is 17.5 Å². The lowest BCUT2D eigenvalue weighted by Crippen LogP contribution is -2.42. The number of amides is 1. The first kappa shape index (κ1) is 15.1. The van der Waals surface area contributed by atoms with Crippen LogP contribution in [0.2, 0.25) is 5.02 Å². The van der Waals surface area contributed by atoms with E-state index in [1.54, 1.807) is 4.90 Å². The average Bonchev–Trinajstić information content (AvgIpc) is 2.71. The molecule has 0 spiro atoms. The summed E-state index contributed by atoms with van der Waals surface area (Å²) >= 11 is 6.55.